The molecule has 23 heavy (non-hydrogen) atoms. The van der Waals surface area contributed by atoms with Crippen LogP contribution in [0.15, 0.2) is 12.1 Å². The minimum absolute atomic E-state index is 0.0424. The highest BCUT2D eigenvalue weighted by atomic mass is 127. The molecule has 3 fully saturated rings. The summed E-state index contributed by atoms with van der Waals surface area (Å²) in [6, 6.07) is 4.25. The third kappa shape index (κ3) is 1.50. The van der Waals surface area contributed by atoms with E-state index in [0.717, 1.165) is 43.1 Å². The molecule has 1 aromatic carbocycles. The number of ketones is 1. The molecule has 2 spiro atoms. The molecule has 0 saturated heterocycles. The third-order valence-electron chi connectivity index (χ3n) is 7.11. The minimum Gasteiger partial charge on any atom is -0.493 e. The van der Waals surface area contributed by atoms with Gasteiger partial charge in [-0.15, -0.1) is 0 Å². The Morgan fingerprint density at radius 2 is 2.04 bits per heavy atom. The smallest absolute Gasteiger partial charge is 0.164 e. The molecule has 122 valence electrons. The molecule has 0 heterocycles. The Morgan fingerprint density at radius 1 is 1.22 bits per heavy atom. The monoisotopic (exact) mass is 424 g/mol. The molecule has 5 rings (SSSR count). The summed E-state index contributed by atoms with van der Waals surface area (Å²) in [6.45, 7) is 0. The van der Waals surface area contributed by atoms with Crippen molar-refractivity contribution in [3.05, 3.63) is 23.3 Å². The first-order valence-electron chi connectivity index (χ1n) is 8.45. The molecule has 0 N–H and O–H groups in total. The molecule has 4 aliphatic rings. The van der Waals surface area contributed by atoms with Gasteiger partial charge in [-0.05, 0) is 48.6 Å². The van der Waals surface area contributed by atoms with Crippen molar-refractivity contribution in [2.24, 2.45) is 11.3 Å². The highest BCUT2D eigenvalue weighted by Crippen LogP contribution is 2.83. The Labute approximate surface area is 150 Å². The lowest BCUT2D eigenvalue weighted by Gasteiger charge is -2.50. The minimum atomic E-state index is -0.0424. The van der Waals surface area contributed by atoms with E-state index in [1.807, 2.05) is 6.07 Å². The van der Waals surface area contributed by atoms with E-state index in [-0.39, 0.29) is 8.84 Å². The standard InChI is InChI=1S/C19H21IO3/c1-22-13-4-3-11-7-17-9-14(17)19(20)6-5-12(21)8-18(19,10-17)15(11)16(13)23-2/h3-4,14H,5-10H2,1-2H3/t14-,17?,18+,19-/m1/s1. The van der Waals surface area contributed by atoms with Gasteiger partial charge in [-0.2, -0.15) is 0 Å². The number of carbonyl (C=O) groups is 1. The number of hydrogen-bond acceptors (Lipinski definition) is 3. The van der Waals surface area contributed by atoms with Crippen molar-refractivity contribution in [2.75, 3.05) is 14.2 Å². The number of alkyl halides is 1. The Balaban J connectivity index is 1.82. The Hall–Kier alpha value is -0.780. The summed E-state index contributed by atoms with van der Waals surface area (Å²) in [7, 11) is 3.43. The summed E-state index contributed by atoms with van der Waals surface area (Å²) in [5, 5.41) is 0. The van der Waals surface area contributed by atoms with Crippen LogP contribution >= 0.6 is 22.6 Å². The van der Waals surface area contributed by atoms with Crippen LogP contribution in [0, 0.1) is 11.3 Å². The Morgan fingerprint density at radius 3 is 2.78 bits per heavy atom. The van der Waals surface area contributed by atoms with E-state index >= 15 is 0 Å². The predicted molar refractivity (Wildman–Crippen MR) is 95.7 cm³/mol. The summed E-state index contributed by atoms with van der Waals surface area (Å²) in [5.74, 6) is 2.86. The van der Waals surface area contributed by atoms with E-state index in [9.17, 15) is 4.79 Å². The lowest BCUT2D eigenvalue weighted by Crippen LogP contribution is -2.51. The summed E-state index contributed by atoms with van der Waals surface area (Å²) in [5.41, 5.74) is 3.10. The molecule has 1 unspecified atom stereocenters. The van der Waals surface area contributed by atoms with Crippen molar-refractivity contribution in [1.29, 1.82) is 0 Å². The highest BCUT2D eigenvalue weighted by molar-refractivity contribution is 14.1. The van der Waals surface area contributed by atoms with Crippen molar-refractivity contribution >= 4 is 28.4 Å². The number of carbonyl (C=O) groups excluding carboxylic acids is 1. The molecule has 4 atom stereocenters. The average Bonchev–Trinajstić information content (AvgIpc) is 3.19. The number of Topliss-reactive ketones (excluding diaryl/α,β-unsaturated/α-hetero) is 1. The predicted octanol–water partition coefficient (Wildman–Crippen LogP) is 3.83. The fourth-order valence-corrected chi connectivity index (χ4v) is 8.10. The number of benzene rings is 1. The number of rotatable bonds is 2. The first-order chi connectivity index (χ1) is 11.0. The largest absolute Gasteiger partial charge is 0.493 e. The SMILES string of the molecule is COc1ccc2c(c1OC)[C@@]13CC(=O)CC[C@@]1(I)[C@@H]1CC1(C2)C3. The highest BCUT2D eigenvalue weighted by Gasteiger charge is 2.80. The first-order valence-corrected chi connectivity index (χ1v) is 9.52. The van der Waals surface area contributed by atoms with Crippen LogP contribution in [0.3, 0.4) is 0 Å². The zero-order chi connectivity index (χ0) is 16.0. The zero-order valence-corrected chi connectivity index (χ0v) is 15.7. The summed E-state index contributed by atoms with van der Waals surface area (Å²) in [6.07, 6.45) is 6.12. The quantitative estimate of drug-likeness (QED) is 0.535. The van der Waals surface area contributed by atoms with Gasteiger partial charge in [0.05, 0.1) is 14.2 Å². The van der Waals surface area contributed by atoms with Crippen LogP contribution in [0.1, 0.15) is 43.2 Å². The van der Waals surface area contributed by atoms with E-state index < -0.39 is 0 Å². The van der Waals surface area contributed by atoms with Gasteiger partial charge in [0.15, 0.2) is 11.5 Å². The number of halogens is 1. The zero-order valence-electron chi connectivity index (χ0n) is 13.6. The van der Waals surface area contributed by atoms with E-state index in [4.69, 9.17) is 9.47 Å². The molecule has 0 radical (unpaired) electrons. The Bertz CT molecular complexity index is 744. The molecule has 3 saturated carbocycles. The molecule has 3 nitrogen and oxygen atoms in total. The van der Waals surface area contributed by atoms with Crippen molar-refractivity contribution in [3.63, 3.8) is 0 Å². The van der Waals surface area contributed by atoms with Crippen LogP contribution in [0.5, 0.6) is 11.5 Å². The summed E-state index contributed by atoms with van der Waals surface area (Å²) < 4.78 is 11.6. The second-order valence-corrected chi connectivity index (χ2v) is 9.89. The van der Waals surface area contributed by atoms with Gasteiger partial charge in [0, 0.05) is 27.2 Å². The van der Waals surface area contributed by atoms with Crippen LogP contribution in [0.2, 0.25) is 0 Å². The first kappa shape index (κ1) is 14.6. The van der Waals surface area contributed by atoms with Gasteiger partial charge in [0.1, 0.15) is 5.78 Å². The molecule has 4 aliphatic carbocycles. The van der Waals surface area contributed by atoms with E-state index in [0.29, 0.717) is 17.6 Å². The number of hydrogen-bond donors (Lipinski definition) is 0. The maximum atomic E-state index is 12.5. The summed E-state index contributed by atoms with van der Waals surface area (Å²) >= 11 is 2.73. The Kier molecular flexibility index (Phi) is 2.68. The van der Waals surface area contributed by atoms with Crippen LogP contribution in [0.25, 0.3) is 0 Å². The maximum Gasteiger partial charge on any atom is 0.164 e. The van der Waals surface area contributed by atoms with Crippen LogP contribution < -0.4 is 9.47 Å². The van der Waals surface area contributed by atoms with Crippen LogP contribution in [0.4, 0.5) is 0 Å². The molecular formula is C19H21IO3. The van der Waals surface area contributed by atoms with Crippen molar-refractivity contribution < 1.29 is 14.3 Å². The van der Waals surface area contributed by atoms with Crippen molar-refractivity contribution in [1.82, 2.24) is 0 Å². The molecule has 4 heteroatoms. The normalized spacial score (nSPS) is 42.6. The number of fused-ring (bicyclic) bond motifs is 2. The molecule has 2 bridgehead atoms. The molecular weight excluding hydrogens is 403 g/mol. The van der Waals surface area contributed by atoms with Gasteiger partial charge in [0.25, 0.3) is 0 Å². The van der Waals surface area contributed by atoms with Crippen molar-refractivity contribution in [3.8, 4) is 11.5 Å². The van der Waals surface area contributed by atoms with Gasteiger partial charge in [-0.1, -0.05) is 28.7 Å². The molecule has 0 aliphatic heterocycles. The average molecular weight is 424 g/mol. The molecule has 1 aromatic rings. The van der Waals surface area contributed by atoms with Crippen LogP contribution in [-0.4, -0.2) is 23.4 Å². The van der Waals surface area contributed by atoms with Crippen LogP contribution in [-0.2, 0) is 16.6 Å². The van der Waals surface area contributed by atoms with Crippen molar-refractivity contribution in [2.45, 2.75) is 47.4 Å². The number of ether oxygens (including phenoxy) is 2. The van der Waals surface area contributed by atoms with E-state index in [1.54, 1.807) is 14.2 Å². The fraction of sp³-hybridized carbons (Fsp3) is 0.632. The summed E-state index contributed by atoms with van der Waals surface area (Å²) in [4.78, 5) is 12.5. The van der Waals surface area contributed by atoms with Gasteiger partial charge < -0.3 is 9.47 Å². The maximum absolute atomic E-state index is 12.5. The second-order valence-electron chi connectivity index (χ2n) is 7.97. The van der Waals surface area contributed by atoms with Gasteiger partial charge in [-0.25, -0.2) is 0 Å². The topological polar surface area (TPSA) is 35.5 Å². The van der Waals surface area contributed by atoms with Gasteiger partial charge in [-0.3, -0.25) is 4.79 Å². The van der Waals surface area contributed by atoms with E-state index in [1.165, 1.54) is 17.5 Å². The third-order valence-corrected chi connectivity index (χ3v) is 9.43. The second kappa shape index (κ2) is 4.24. The molecule has 0 amide bonds. The van der Waals surface area contributed by atoms with Gasteiger partial charge in [0.2, 0.25) is 0 Å². The van der Waals surface area contributed by atoms with Gasteiger partial charge >= 0.3 is 0 Å². The van der Waals surface area contributed by atoms with E-state index in [2.05, 4.69) is 28.7 Å². The lowest BCUT2D eigenvalue weighted by atomic mass is 9.58. The fourth-order valence-electron chi connectivity index (χ4n) is 6.30. The number of methoxy groups -OCH3 is 2. The molecule has 0 aromatic heterocycles. The lowest BCUT2D eigenvalue weighted by molar-refractivity contribution is -0.122.